The second-order valence-corrected chi connectivity index (χ2v) is 6.07. The molecule has 0 unspecified atom stereocenters. The molecule has 0 aliphatic rings. The number of nitrogens with zero attached hydrogens (tertiary/aromatic N) is 1. The predicted molar refractivity (Wildman–Crippen MR) is 89.0 cm³/mol. The van der Waals surface area contributed by atoms with Gasteiger partial charge in [-0.25, -0.2) is 0 Å². The number of hydrogen-bond donors (Lipinski definition) is 1. The predicted octanol–water partition coefficient (Wildman–Crippen LogP) is 5.24. The van der Waals surface area contributed by atoms with E-state index < -0.39 is 0 Å². The number of aryl methyl sites for hydroxylation is 2. The number of halogens is 2. The van der Waals surface area contributed by atoms with Crippen LogP contribution in [0.15, 0.2) is 34.8 Å². The fraction of sp³-hybridized carbons (Fsp3) is 0.200. The normalized spacial score (nSPS) is 10.5. The number of hydrogen-bond acceptors (Lipinski definition) is 3. The second kappa shape index (κ2) is 6.45. The highest BCUT2D eigenvalue weighted by Crippen LogP contribution is 2.29. The maximum atomic E-state index is 11.1. The smallest absolute Gasteiger partial charge is 0.292 e. The molecule has 6 heteroatoms. The zero-order chi connectivity index (χ0) is 15.6. The summed E-state index contributed by atoms with van der Waals surface area (Å²) in [5.41, 5.74) is 3.47. The van der Waals surface area contributed by atoms with E-state index in [1.165, 1.54) is 0 Å². The van der Waals surface area contributed by atoms with Gasteiger partial charge in [-0.05, 0) is 64.7 Å². The van der Waals surface area contributed by atoms with Crippen LogP contribution in [0.5, 0.6) is 0 Å². The van der Waals surface area contributed by atoms with Gasteiger partial charge in [-0.2, -0.15) is 0 Å². The first-order chi connectivity index (χ1) is 9.88. The number of nitro benzene ring substituents is 1. The fourth-order valence-corrected chi connectivity index (χ4v) is 2.39. The Kier molecular flexibility index (Phi) is 4.85. The van der Waals surface area contributed by atoms with Gasteiger partial charge in [0.1, 0.15) is 5.69 Å². The van der Waals surface area contributed by atoms with Crippen molar-refractivity contribution < 1.29 is 4.92 Å². The molecule has 2 aromatic rings. The largest absolute Gasteiger partial charge is 0.375 e. The van der Waals surface area contributed by atoms with E-state index in [0.717, 1.165) is 21.2 Å². The van der Waals surface area contributed by atoms with Crippen LogP contribution in [-0.2, 0) is 6.54 Å². The van der Waals surface area contributed by atoms with Gasteiger partial charge >= 0.3 is 0 Å². The van der Waals surface area contributed by atoms with Crippen molar-refractivity contribution in [2.75, 3.05) is 5.32 Å². The third-order valence-corrected chi connectivity index (χ3v) is 4.51. The van der Waals surface area contributed by atoms with Gasteiger partial charge in [0.2, 0.25) is 0 Å². The summed E-state index contributed by atoms with van der Waals surface area (Å²) < 4.78 is 0.824. The molecule has 0 spiro atoms. The van der Waals surface area contributed by atoms with Crippen LogP contribution in [-0.4, -0.2) is 4.92 Å². The Labute approximate surface area is 136 Å². The standard InChI is InChI=1S/C15H14BrClN2O2/c1-9-5-14(15(19(20)21)6-10(9)2)18-8-11-3-4-12(16)13(17)7-11/h3-7,18H,8H2,1-2H3. The van der Waals surface area contributed by atoms with Crippen molar-refractivity contribution in [2.24, 2.45) is 0 Å². The SMILES string of the molecule is Cc1cc(NCc2ccc(Br)c(Cl)c2)c([N+](=O)[O-])cc1C. The first-order valence-electron chi connectivity index (χ1n) is 6.32. The van der Waals surface area contributed by atoms with Crippen molar-refractivity contribution in [3.8, 4) is 0 Å². The van der Waals surface area contributed by atoms with Crippen molar-refractivity contribution in [2.45, 2.75) is 20.4 Å². The molecule has 21 heavy (non-hydrogen) atoms. The monoisotopic (exact) mass is 368 g/mol. The van der Waals surface area contributed by atoms with Crippen LogP contribution >= 0.6 is 27.5 Å². The molecular weight excluding hydrogens is 356 g/mol. The molecule has 0 aliphatic heterocycles. The summed E-state index contributed by atoms with van der Waals surface area (Å²) in [6.45, 7) is 4.26. The van der Waals surface area contributed by atoms with Crippen LogP contribution in [0, 0.1) is 24.0 Å². The molecule has 2 rings (SSSR count). The zero-order valence-corrected chi connectivity index (χ0v) is 14.0. The van der Waals surface area contributed by atoms with Gasteiger partial charge < -0.3 is 5.32 Å². The van der Waals surface area contributed by atoms with E-state index in [1.807, 2.05) is 32.0 Å². The lowest BCUT2D eigenvalue weighted by Gasteiger charge is -2.10. The maximum absolute atomic E-state index is 11.1. The van der Waals surface area contributed by atoms with Gasteiger partial charge in [0.05, 0.1) is 9.95 Å². The average molecular weight is 370 g/mol. The Morgan fingerprint density at radius 3 is 2.52 bits per heavy atom. The average Bonchev–Trinajstić information content (AvgIpc) is 2.43. The summed E-state index contributed by atoms with van der Waals surface area (Å²) >= 11 is 9.37. The topological polar surface area (TPSA) is 55.2 Å². The van der Waals surface area contributed by atoms with E-state index in [4.69, 9.17) is 11.6 Å². The van der Waals surface area contributed by atoms with Crippen molar-refractivity contribution >= 4 is 38.9 Å². The molecule has 110 valence electrons. The van der Waals surface area contributed by atoms with E-state index in [2.05, 4.69) is 21.2 Å². The highest BCUT2D eigenvalue weighted by atomic mass is 79.9. The van der Waals surface area contributed by atoms with Gasteiger partial charge in [0.15, 0.2) is 0 Å². The minimum atomic E-state index is -0.372. The van der Waals surface area contributed by atoms with E-state index in [9.17, 15) is 10.1 Å². The molecule has 1 N–H and O–H groups in total. The quantitative estimate of drug-likeness (QED) is 0.592. The summed E-state index contributed by atoms with van der Waals surface area (Å²) in [6, 6.07) is 8.98. The van der Waals surface area contributed by atoms with E-state index >= 15 is 0 Å². The van der Waals surface area contributed by atoms with Gasteiger partial charge in [0.25, 0.3) is 5.69 Å². The molecule has 0 amide bonds. The van der Waals surface area contributed by atoms with E-state index in [-0.39, 0.29) is 10.6 Å². The van der Waals surface area contributed by atoms with Crippen molar-refractivity contribution in [1.29, 1.82) is 0 Å². The van der Waals surface area contributed by atoms with Crippen molar-refractivity contribution in [3.63, 3.8) is 0 Å². The maximum Gasteiger partial charge on any atom is 0.292 e. The molecule has 2 aromatic carbocycles. The lowest BCUT2D eigenvalue weighted by atomic mass is 10.1. The third kappa shape index (κ3) is 3.74. The van der Waals surface area contributed by atoms with Gasteiger partial charge in [-0.15, -0.1) is 0 Å². The number of anilines is 1. The van der Waals surface area contributed by atoms with Crippen LogP contribution in [0.1, 0.15) is 16.7 Å². The van der Waals surface area contributed by atoms with Crippen molar-refractivity contribution in [1.82, 2.24) is 0 Å². The molecule has 0 radical (unpaired) electrons. The summed E-state index contributed by atoms with van der Waals surface area (Å²) in [5.74, 6) is 0. The molecule has 4 nitrogen and oxygen atoms in total. The minimum absolute atomic E-state index is 0.0845. The summed E-state index contributed by atoms with van der Waals surface area (Å²) in [6.07, 6.45) is 0. The van der Waals surface area contributed by atoms with Crippen LogP contribution in [0.3, 0.4) is 0 Å². The number of nitro groups is 1. The molecule has 0 atom stereocenters. The Morgan fingerprint density at radius 1 is 1.24 bits per heavy atom. The number of benzene rings is 2. The molecule has 0 fully saturated rings. The first kappa shape index (κ1) is 15.8. The number of rotatable bonds is 4. The van der Waals surface area contributed by atoms with Crippen LogP contribution in [0.25, 0.3) is 0 Å². The Balaban J connectivity index is 2.24. The summed E-state index contributed by atoms with van der Waals surface area (Å²) in [4.78, 5) is 10.8. The second-order valence-electron chi connectivity index (χ2n) is 4.81. The highest BCUT2D eigenvalue weighted by molar-refractivity contribution is 9.10. The van der Waals surface area contributed by atoms with Crippen LogP contribution in [0.4, 0.5) is 11.4 Å². The lowest BCUT2D eigenvalue weighted by molar-refractivity contribution is -0.384. The number of nitrogens with one attached hydrogen (secondary N) is 1. The molecule has 0 heterocycles. The summed E-state index contributed by atoms with van der Waals surface area (Å²) in [5, 5.41) is 14.9. The fourth-order valence-electron chi connectivity index (χ4n) is 1.94. The van der Waals surface area contributed by atoms with Crippen LogP contribution < -0.4 is 5.32 Å². The molecule has 0 saturated carbocycles. The zero-order valence-electron chi connectivity index (χ0n) is 11.6. The Bertz CT molecular complexity index is 704. The van der Waals surface area contributed by atoms with Crippen molar-refractivity contribution in [3.05, 3.63) is 66.6 Å². The molecule has 0 aromatic heterocycles. The van der Waals surface area contributed by atoms with E-state index in [0.29, 0.717) is 17.3 Å². The van der Waals surface area contributed by atoms with Gasteiger partial charge in [0, 0.05) is 17.1 Å². The minimum Gasteiger partial charge on any atom is -0.375 e. The highest BCUT2D eigenvalue weighted by Gasteiger charge is 2.15. The molecule has 0 saturated heterocycles. The van der Waals surface area contributed by atoms with E-state index in [1.54, 1.807) is 12.1 Å². The summed E-state index contributed by atoms with van der Waals surface area (Å²) in [7, 11) is 0. The van der Waals surface area contributed by atoms with Gasteiger partial charge in [-0.1, -0.05) is 17.7 Å². The van der Waals surface area contributed by atoms with Crippen LogP contribution in [0.2, 0.25) is 5.02 Å². The molecule has 0 bridgehead atoms. The molecular formula is C15H14BrClN2O2. The van der Waals surface area contributed by atoms with Gasteiger partial charge in [-0.3, -0.25) is 10.1 Å². The third-order valence-electron chi connectivity index (χ3n) is 3.28. The molecule has 0 aliphatic carbocycles. The Hall–Kier alpha value is -1.59. The first-order valence-corrected chi connectivity index (χ1v) is 7.49. The lowest BCUT2D eigenvalue weighted by Crippen LogP contribution is -2.04. The Morgan fingerprint density at radius 2 is 1.90 bits per heavy atom.